The summed E-state index contributed by atoms with van der Waals surface area (Å²) in [5, 5.41) is 21.2. The van der Waals surface area contributed by atoms with Gasteiger partial charge in [-0.1, -0.05) is 30.3 Å². The summed E-state index contributed by atoms with van der Waals surface area (Å²) in [6.45, 7) is 2.20. The van der Waals surface area contributed by atoms with Crippen molar-refractivity contribution in [3.05, 3.63) is 30.3 Å². The van der Waals surface area contributed by atoms with E-state index in [1.807, 2.05) is 30.3 Å². The lowest BCUT2D eigenvalue weighted by Gasteiger charge is -2.32. The second-order valence-corrected chi connectivity index (χ2v) is 5.46. The first-order valence-corrected chi connectivity index (χ1v) is 7.54. The molecule has 24 heavy (non-hydrogen) atoms. The minimum Gasteiger partial charge on any atom is -0.479 e. The van der Waals surface area contributed by atoms with Gasteiger partial charge in [0.15, 0.2) is 6.10 Å². The number of aromatic nitrogens is 4. The first-order valence-electron chi connectivity index (χ1n) is 7.54. The Bertz CT molecular complexity index is 732. The average Bonchev–Trinajstić information content (AvgIpc) is 3.11. The Morgan fingerprint density at radius 2 is 2.08 bits per heavy atom. The quantitative estimate of drug-likeness (QED) is 0.852. The normalized spacial score (nSPS) is 19.0. The van der Waals surface area contributed by atoms with Crippen molar-refractivity contribution in [1.29, 1.82) is 0 Å². The number of nitrogens with zero attached hydrogens (tertiary/aromatic N) is 5. The predicted octanol–water partition coefficient (Wildman–Crippen LogP) is 0.213. The molecule has 0 unspecified atom stereocenters. The average molecular weight is 331 g/mol. The molecule has 1 saturated heterocycles. The van der Waals surface area contributed by atoms with Crippen molar-refractivity contribution in [2.75, 3.05) is 19.7 Å². The lowest BCUT2D eigenvalue weighted by atomic mass is 10.2. The molecule has 1 aromatic heterocycles. The second-order valence-electron chi connectivity index (χ2n) is 5.46. The van der Waals surface area contributed by atoms with Crippen molar-refractivity contribution < 1.29 is 19.4 Å². The summed E-state index contributed by atoms with van der Waals surface area (Å²) in [5.41, 5.74) is 0.806. The maximum Gasteiger partial charge on any atom is 0.334 e. The third-order valence-electron chi connectivity index (χ3n) is 3.82. The van der Waals surface area contributed by atoms with Gasteiger partial charge in [0.25, 0.3) is 0 Å². The molecule has 0 aliphatic carbocycles. The summed E-state index contributed by atoms with van der Waals surface area (Å²) in [7, 11) is 0. The van der Waals surface area contributed by atoms with Crippen LogP contribution in [0, 0.1) is 0 Å². The fourth-order valence-electron chi connectivity index (χ4n) is 2.45. The van der Waals surface area contributed by atoms with Crippen LogP contribution in [0.25, 0.3) is 11.4 Å². The van der Waals surface area contributed by atoms with E-state index in [2.05, 4.69) is 15.4 Å². The Hall–Kier alpha value is -2.81. The van der Waals surface area contributed by atoms with Gasteiger partial charge in [-0.15, -0.1) is 10.2 Å². The molecule has 0 bridgehead atoms. The molecule has 0 saturated carbocycles. The summed E-state index contributed by atoms with van der Waals surface area (Å²) >= 11 is 0. The van der Waals surface area contributed by atoms with Gasteiger partial charge in [0.05, 0.1) is 13.2 Å². The number of amides is 1. The monoisotopic (exact) mass is 331 g/mol. The van der Waals surface area contributed by atoms with Gasteiger partial charge in [-0.3, -0.25) is 4.79 Å². The maximum atomic E-state index is 12.6. The highest BCUT2D eigenvalue weighted by molar-refractivity contribution is 5.81. The fraction of sp³-hybridized carbons (Fsp3) is 0.400. The van der Waals surface area contributed by atoms with E-state index in [1.54, 1.807) is 6.92 Å². The van der Waals surface area contributed by atoms with Gasteiger partial charge in [-0.25, -0.2) is 4.79 Å². The van der Waals surface area contributed by atoms with E-state index in [4.69, 9.17) is 9.84 Å². The second kappa shape index (κ2) is 6.75. The number of rotatable bonds is 4. The van der Waals surface area contributed by atoms with E-state index in [0.717, 1.165) is 5.56 Å². The van der Waals surface area contributed by atoms with Crippen LogP contribution in [-0.2, 0) is 14.3 Å². The van der Waals surface area contributed by atoms with Gasteiger partial charge >= 0.3 is 5.97 Å². The molecule has 0 radical (unpaired) electrons. The van der Waals surface area contributed by atoms with Gasteiger partial charge < -0.3 is 14.7 Å². The highest BCUT2D eigenvalue weighted by atomic mass is 16.5. The smallest absolute Gasteiger partial charge is 0.334 e. The molecule has 2 heterocycles. The minimum atomic E-state index is -1.08. The molecule has 0 spiro atoms. The van der Waals surface area contributed by atoms with Gasteiger partial charge in [0, 0.05) is 12.1 Å². The van der Waals surface area contributed by atoms with E-state index in [9.17, 15) is 9.59 Å². The number of ether oxygens (including phenoxy) is 1. The predicted molar refractivity (Wildman–Crippen MR) is 81.9 cm³/mol. The topological polar surface area (TPSA) is 110 Å². The number of carboxylic acid groups (broad SMARTS) is 1. The molecular formula is C15H17N5O4. The molecule has 1 aliphatic heterocycles. The van der Waals surface area contributed by atoms with Crippen LogP contribution in [0.2, 0.25) is 0 Å². The number of morpholine rings is 1. The third kappa shape index (κ3) is 3.25. The number of carbonyl (C=O) groups is 2. The SMILES string of the molecule is C[C@H](C(=O)N1CCO[C@@H](C(=O)O)C1)n1nnc(-c2ccccc2)n1. The van der Waals surface area contributed by atoms with Gasteiger partial charge in [-0.2, -0.15) is 4.80 Å². The highest BCUT2D eigenvalue weighted by Crippen LogP contribution is 2.16. The van der Waals surface area contributed by atoms with Crippen LogP contribution in [0.4, 0.5) is 0 Å². The van der Waals surface area contributed by atoms with Crippen molar-refractivity contribution in [2.45, 2.75) is 19.1 Å². The van der Waals surface area contributed by atoms with E-state index < -0.39 is 18.1 Å². The zero-order valence-corrected chi connectivity index (χ0v) is 13.1. The summed E-state index contributed by atoms with van der Waals surface area (Å²) in [6.07, 6.45) is -1.00. The Morgan fingerprint density at radius 1 is 1.33 bits per heavy atom. The van der Waals surface area contributed by atoms with Crippen LogP contribution in [-0.4, -0.2) is 67.9 Å². The minimum absolute atomic E-state index is 0.0126. The first kappa shape index (κ1) is 16.1. The Kier molecular flexibility index (Phi) is 4.52. The fourth-order valence-corrected chi connectivity index (χ4v) is 2.45. The molecule has 1 aliphatic rings. The van der Waals surface area contributed by atoms with Crippen molar-refractivity contribution in [2.24, 2.45) is 0 Å². The zero-order valence-electron chi connectivity index (χ0n) is 13.1. The van der Waals surface area contributed by atoms with Crippen LogP contribution in [0.15, 0.2) is 30.3 Å². The van der Waals surface area contributed by atoms with Crippen molar-refractivity contribution in [3.63, 3.8) is 0 Å². The van der Waals surface area contributed by atoms with Gasteiger partial charge in [0.1, 0.15) is 6.04 Å². The van der Waals surface area contributed by atoms with Gasteiger partial charge in [-0.05, 0) is 12.1 Å². The van der Waals surface area contributed by atoms with Crippen LogP contribution in [0.1, 0.15) is 13.0 Å². The molecule has 2 atom stereocenters. The third-order valence-corrected chi connectivity index (χ3v) is 3.82. The van der Waals surface area contributed by atoms with Crippen LogP contribution < -0.4 is 0 Å². The lowest BCUT2D eigenvalue weighted by molar-refractivity contribution is -0.160. The standard InChI is InChI=1S/C15H17N5O4/c1-10(14(21)19-7-8-24-12(9-19)15(22)23)20-17-13(16-18-20)11-5-3-2-4-6-11/h2-6,10,12H,7-9H2,1H3,(H,22,23)/t10-,12-/m1/s1. The zero-order chi connectivity index (χ0) is 17.1. The summed E-state index contributed by atoms with van der Waals surface area (Å²) in [4.78, 5) is 26.3. The maximum absolute atomic E-state index is 12.6. The van der Waals surface area contributed by atoms with Crippen molar-refractivity contribution in [3.8, 4) is 11.4 Å². The van der Waals surface area contributed by atoms with E-state index in [1.165, 1.54) is 9.70 Å². The van der Waals surface area contributed by atoms with Gasteiger partial charge in [0.2, 0.25) is 11.7 Å². The first-order chi connectivity index (χ1) is 11.6. The van der Waals surface area contributed by atoms with E-state index in [0.29, 0.717) is 12.4 Å². The van der Waals surface area contributed by atoms with Crippen LogP contribution >= 0.6 is 0 Å². The van der Waals surface area contributed by atoms with E-state index in [-0.39, 0.29) is 19.1 Å². The van der Waals surface area contributed by atoms with Crippen molar-refractivity contribution >= 4 is 11.9 Å². The molecule has 2 aromatic rings. The number of tetrazole rings is 1. The molecule has 1 N–H and O–H groups in total. The molecule has 1 amide bonds. The molecular weight excluding hydrogens is 314 g/mol. The number of carboxylic acids is 1. The highest BCUT2D eigenvalue weighted by Gasteiger charge is 2.32. The lowest BCUT2D eigenvalue weighted by Crippen LogP contribution is -2.50. The van der Waals surface area contributed by atoms with Crippen molar-refractivity contribution in [1.82, 2.24) is 25.1 Å². The molecule has 1 aromatic carbocycles. The summed E-state index contributed by atoms with van der Waals surface area (Å²) < 4.78 is 5.12. The number of hydrogen-bond acceptors (Lipinski definition) is 6. The molecule has 126 valence electrons. The molecule has 3 rings (SSSR count). The Balaban J connectivity index is 1.72. The molecule has 1 fully saturated rings. The Morgan fingerprint density at radius 3 is 2.79 bits per heavy atom. The largest absolute Gasteiger partial charge is 0.479 e. The van der Waals surface area contributed by atoms with Crippen LogP contribution in [0.5, 0.6) is 0 Å². The number of hydrogen-bond donors (Lipinski definition) is 1. The van der Waals surface area contributed by atoms with E-state index >= 15 is 0 Å². The number of aliphatic carboxylic acids is 1. The summed E-state index contributed by atoms with van der Waals surface area (Å²) in [5.74, 6) is -0.910. The molecule has 9 nitrogen and oxygen atoms in total. The summed E-state index contributed by atoms with van der Waals surface area (Å²) in [6, 6.07) is 8.65. The molecule has 9 heteroatoms. The van der Waals surface area contributed by atoms with Crippen LogP contribution in [0.3, 0.4) is 0 Å². The number of benzene rings is 1. The Labute approximate surface area is 137 Å². The number of carbonyl (C=O) groups excluding carboxylic acids is 1.